The largest absolute Gasteiger partial charge is 0.295 e. The minimum atomic E-state index is 0.205. The number of carbonyl (C=O) groups is 1. The molecule has 1 aromatic rings. The quantitative estimate of drug-likeness (QED) is 0.673. The summed E-state index contributed by atoms with van der Waals surface area (Å²) in [5.41, 5.74) is 0. The molecule has 68 valence electrons. The van der Waals surface area contributed by atoms with E-state index < -0.39 is 0 Å². The molecule has 0 saturated heterocycles. The van der Waals surface area contributed by atoms with Gasteiger partial charge in [0.2, 0.25) is 0 Å². The summed E-state index contributed by atoms with van der Waals surface area (Å²) in [5, 5.41) is 0. The van der Waals surface area contributed by atoms with Crippen LogP contribution in [0.5, 0.6) is 0 Å². The number of thiophene rings is 1. The molecule has 1 aliphatic rings. The van der Waals surface area contributed by atoms with E-state index in [1.54, 1.807) is 11.3 Å². The molecule has 0 amide bonds. The normalized spacial score (nSPS) is 25.6. The second kappa shape index (κ2) is 3.11. The van der Waals surface area contributed by atoms with Gasteiger partial charge in [-0.3, -0.25) is 4.79 Å². The molecule has 0 aliphatic heterocycles. The van der Waals surface area contributed by atoms with Gasteiger partial charge in [-0.1, -0.05) is 6.58 Å². The van der Waals surface area contributed by atoms with Gasteiger partial charge in [-0.05, 0) is 31.6 Å². The van der Waals surface area contributed by atoms with Crippen molar-refractivity contribution in [2.75, 3.05) is 0 Å². The Kier molecular flexibility index (Phi) is 2.08. The summed E-state index contributed by atoms with van der Waals surface area (Å²) in [6, 6.07) is 4.26. The summed E-state index contributed by atoms with van der Waals surface area (Å²) < 4.78 is 0. The SMILES string of the molecule is C=CC(=O)[C@H]1C[C@H]1c1ccc(C)s1. The molecular formula is C11H12OS. The molecule has 1 fully saturated rings. The Morgan fingerprint density at radius 3 is 3.00 bits per heavy atom. The Morgan fingerprint density at radius 2 is 2.46 bits per heavy atom. The third kappa shape index (κ3) is 1.59. The van der Waals surface area contributed by atoms with Gasteiger partial charge in [0.25, 0.3) is 0 Å². The van der Waals surface area contributed by atoms with Crippen LogP contribution >= 0.6 is 11.3 Å². The topological polar surface area (TPSA) is 17.1 Å². The molecular weight excluding hydrogens is 180 g/mol. The molecule has 2 atom stereocenters. The number of allylic oxidation sites excluding steroid dienone is 1. The van der Waals surface area contributed by atoms with Gasteiger partial charge in [0, 0.05) is 21.6 Å². The highest BCUT2D eigenvalue weighted by Gasteiger charge is 2.43. The van der Waals surface area contributed by atoms with E-state index >= 15 is 0 Å². The first-order valence-electron chi connectivity index (χ1n) is 4.45. The highest BCUT2D eigenvalue weighted by Crippen LogP contribution is 2.50. The second-order valence-corrected chi connectivity index (χ2v) is 4.82. The Labute approximate surface area is 82.1 Å². The van der Waals surface area contributed by atoms with Crippen LogP contribution in [0.25, 0.3) is 0 Å². The zero-order valence-corrected chi connectivity index (χ0v) is 8.43. The van der Waals surface area contributed by atoms with Gasteiger partial charge >= 0.3 is 0 Å². The zero-order valence-electron chi connectivity index (χ0n) is 7.62. The van der Waals surface area contributed by atoms with E-state index in [1.807, 2.05) is 0 Å². The minimum Gasteiger partial charge on any atom is -0.295 e. The molecule has 0 radical (unpaired) electrons. The summed E-state index contributed by atoms with van der Waals surface area (Å²) in [5.74, 6) is 0.927. The zero-order chi connectivity index (χ0) is 9.42. The molecule has 0 spiro atoms. The lowest BCUT2D eigenvalue weighted by Crippen LogP contribution is -1.95. The number of ketones is 1. The molecule has 1 saturated carbocycles. The predicted molar refractivity (Wildman–Crippen MR) is 55.1 cm³/mol. The molecule has 2 heteroatoms. The Balaban J connectivity index is 2.07. The van der Waals surface area contributed by atoms with E-state index in [4.69, 9.17) is 0 Å². The van der Waals surface area contributed by atoms with Crippen molar-refractivity contribution in [2.24, 2.45) is 5.92 Å². The van der Waals surface area contributed by atoms with Gasteiger partial charge in [-0.2, -0.15) is 0 Å². The molecule has 2 rings (SSSR count). The maximum absolute atomic E-state index is 11.3. The number of hydrogen-bond acceptors (Lipinski definition) is 2. The highest BCUT2D eigenvalue weighted by molar-refractivity contribution is 7.12. The summed E-state index contributed by atoms with van der Waals surface area (Å²) in [6.45, 7) is 5.61. The maximum Gasteiger partial charge on any atom is 0.158 e. The summed E-state index contributed by atoms with van der Waals surface area (Å²) in [7, 11) is 0. The Hall–Kier alpha value is -0.890. The fourth-order valence-electron chi connectivity index (χ4n) is 1.63. The van der Waals surface area contributed by atoms with E-state index in [1.165, 1.54) is 15.8 Å². The molecule has 0 bridgehead atoms. The van der Waals surface area contributed by atoms with Crippen LogP contribution in [0.3, 0.4) is 0 Å². The number of aryl methyl sites for hydroxylation is 1. The van der Waals surface area contributed by atoms with Gasteiger partial charge < -0.3 is 0 Å². The van der Waals surface area contributed by atoms with E-state index in [0.717, 1.165) is 6.42 Å². The molecule has 1 aromatic heterocycles. The molecule has 1 heterocycles. The van der Waals surface area contributed by atoms with Gasteiger partial charge in [0.05, 0.1) is 0 Å². The third-order valence-corrected chi connectivity index (χ3v) is 3.62. The highest BCUT2D eigenvalue weighted by atomic mass is 32.1. The van der Waals surface area contributed by atoms with Crippen molar-refractivity contribution in [1.82, 2.24) is 0 Å². The van der Waals surface area contributed by atoms with E-state index in [0.29, 0.717) is 5.92 Å². The van der Waals surface area contributed by atoms with Crippen LogP contribution in [0.4, 0.5) is 0 Å². The average molecular weight is 192 g/mol. The monoisotopic (exact) mass is 192 g/mol. The molecule has 0 aromatic carbocycles. The lowest BCUT2D eigenvalue weighted by Gasteiger charge is -1.91. The predicted octanol–water partition coefficient (Wildman–Crippen LogP) is 2.92. The summed E-state index contributed by atoms with van der Waals surface area (Å²) in [6.07, 6.45) is 2.47. The van der Waals surface area contributed by atoms with Crippen molar-refractivity contribution in [3.63, 3.8) is 0 Å². The lowest BCUT2D eigenvalue weighted by molar-refractivity contribution is -0.115. The third-order valence-electron chi connectivity index (χ3n) is 2.48. The molecule has 13 heavy (non-hydrogen) atoms. The maximum atomic E-state index is 11.3. The van der Waals surface area contributed by atoms with Crippen LogP contribution < -0.4 is 0 Å². The van der Waals surface area contributed by atoms with Crippen molar-refractivity contribution < 1.29 is 4.79 Å². The first kappa shape index (κ1) is 8.70. The Bertz CT molecular complexity index is 351. The number of hydrogen-bond donors (Lipinski definition) is 0. The fraction of sp³-hybridized carbons (Fsp3) is 0.364. The van der Waals surface area contributed by atoms with Gasteiger partial charge in [-0.25, -0.2) is 0 Å². The van der Waals surface area contributed by atoms with Crippen LogP contribution in [0.2, 0.25) is 0 Å². The molecule has 1 nitrogen and oxygen atoms in total. The second-order valence-electron chi connectivity index (χ2n) is 3.50. The van der Waals surface area contributed by atoms with E-state index in [9.17, 15) is 4.79 Å². The van der Waals surface area contributed by atoms with Crippen LogP contribution in [0.1, 0.15) is 22.1 Å². The van der Waals surface area contributed by atoms with Crippen molar-refractivity contribution in [1.29, 1.82) is 0 Å². The van der Waals surface area contributed by atoms with Crippen molar-refractivity contribution in [3.05, 3.63) is 34.5 Å². The molecule has 1 aliphatic carbocycles. The molecule has 0 N–H and O–H groups in total. The van der Waals surface area contributed by atoms with Crippen LogP contribution in [-0.2, 0) is 4.79 Å². The minimum absolute atomic E-state index is 0.205. The van der Waals surface area contributed by atoms with Crippen LogP contribution in [0.15, 0.2) is 24.8 Å². The van der Waals surface area contributed by atoms with Gasteiger partial charge in [0.15, 0.2) is 5.78 Å². The number of carbonyl (C=O) groups excluding carboxylic acids is 1. The fourth-order valence-corrected chi connectivity index (χ4v) is 2.68. The number of rotatable bonds is 3. The van der Waals surface area contributed by atoms with Crippen molar-refractivity contribution in [3.8, 4) is 0 Å². The van der Waals surface area contributed by atoms with Crippen LogP contribution in [-0.4, -0.2) is 5.78 Å². The van der Waals surface area contributed by atoms with Crippen molar-refractivity contribution in [2.45, 2.75) is 19.3 Å². The summed E-state index contributed by atoms with van der Waals surface area (Å²) in [4.78, 5) is 13.9. The van der Waals surface area contributed by atoms with Gasteiger partial charge in [-0.15, -0.1) is 11.3 Å². The average Bonchev–Trinajstić information content (AvgIpc) is 2.82. The van der Waals surface area contributed by atoms with Crippen LogP contribution in [0, 0.1) is 12.8 Å². The van der Waals surface area contributed by atoms with Crippen molar-refractivity contribution >= 4 is 17.1 Å². The van der Waals surface area contributed by atoms with Gasteiger partial charge in [0.1, 0.15) is 0 Å². The summed E-state index contributed by atoms with van der Waals surface area (Å²) >= 11 is 1.80. The van der Waals surface area contributed by atoms with E-state index in [2.05, 4.69) is 25.6 Å². The first-order valence-corrected chi connectivity index (χ1v) is 5.26. The van der Waals surface area contributed by atoms with E-state index in [-0.39, 0.29) is 11.7 Å². The lowest BCUT2D eigenvalue weighted by atomic mass is 10.2. The Morgan fingerprint density at radius 1 is 1.69 bits per heavy atom. The first-order chi connectivity index (χ1) is 6.22. The molecule has 0 unspecified atom stereocenters. The standard InChI is InChI=1S/C11H12OS/c1-3-10(12)8-6-9(8)11-5-4-7(2)13-11/h3-5,8-9H,1,6H2,2H3/t8-,9+/m0/s1. The smallest absolute Gasteiger partial charge is 0.158 e.